The molecular formula is C17H25NO5. The van der Waals surface area contributed by atoms with Crippen LogP contribution in [0.4, 0.5) is 4.79 Å². The van der Waals surface area contributed by atoms with Crippen molar-refractivity contribution < 1.29 is 23.8 Å². The van der Waals surface area contributed by atoms with E-state index in [1.807, 2.05) is 6.92 Å². The first-order chi connectivity index (χ1) is 10.6. The molecule has 1 amide bonds. The topological polar surface area (TPSA) is 73.9 Å². The highest BCUT2D eigenvalue weighted by molar-refractivity contribution is 5.78. The molecule has 1 atom stereocenters. The predicted molar refractivity (Wildman–Crippen MR) is 87.1 cm³/mol. The van der Waals surface area contributed by atoms with E-state index in [1.165, 1.54) is 14.2 Å². The van der Waals surface area contributed by atoms with Gasteiger partial charge in [0.25, 0.3) is 0 Å². The molecule has 0 bridgehead atoms. The fraction of sp³-hybridized carbons (Fsp3) is 0.529. The molecular weight excluding hydrogens is 298 g/mol. The molecule has 0 aliphatic heterocycles. The average Bonchev–Trinajstić information content (AvgIpc) is 2.45. The van der Waals surface area contributed by atoms with E-state index in [0.717, 1.165) is 5.56 Å². The van der Waals surface area contributed by atoms with Crippen LogP contribution in [0.25, 0.3) is 0 Å². The maximum Gasteiger partial charge on any atom is 0.408 e. The Kier molecular flexibility index (Phi) is 5.64. The molecule has 0 aromatic heterocycles. The van der Waals surface area contributed by atoms with E-state index in [0.29, 0.717) is 23.3 Å². The Labute approximate surface area is 137 Å². The quantitative estimate of drug-likeness (QED) is 0.843. The van der Waals surface area contributed by atoms with E-state index in [4.69, 9.17) is 14.2 Å². The first kappa shape index (κ1) is 18.8. The van der Waals surface area contributed by atoms with Gasteiger partial charge in [-0.3, -0.25) is 0 Å². The molecule has 0 aliphatic rings. The first-order valence-corrected chi connectivity index (χ1v) is 7.27. The van der Waals surface area contributed by atoms with Gasteiger partial charge in [-0.15, -0.1) is 0 Å². The lowest BCUT2D eigenvalue weighted by atomic mass is 9.92. The standard InChI is InChI=1S/C17H25NO5/c1-11-13(21-6)8-12(9-14(11)22-7)17(5,10-19)18-15(20)23-16(2,3)4/h8-10H,1-7H3,(H,18,20). The molecule has 1 aromatic carbocycles. The summed E-state index contributed by atoms with van der Waals surface area (Å²) in [6, 6.07) is 3.40. The minimum atomic E-state index is -1.27. The van der Waals surface area contributed by atoms with Gasteiger partial charge in [0.2, 0.25) is 0 Å². The number of hydrogen-bond donors (Lipinski definition) is 1. The van der Waals surface area contributed by atoms with Crippen LogP contribution >= 0.6 is 0 Å². The summed E-state index contributed by atoms with van der Waals surface area (Å²) in [5, 5.41) is 2.60. The Bertz CT molecular complexity index is 566. The fourth-order valence-electron chi connectivity index (χ4n) is 2.07. The van der Waals surface area contributed by atoms with Crippen LogP contribution in [0.1, 0.15) is 38.8 Å². The summed E-state index contributed by atoms with van der Waals surface area (Å²) in [6.45, 7) is 8.70. The lowest BCUT2D eigenvalue weighted by Crippen LogP contribution is -2.47. The Morgan fingerprint density at radius 2 is 1.57 bits per heavy atom. The van der Waals surface area contributed by atoms with E-state index in [2.05, 4.69) is 5.32 Å². The number of rotatable bonds is 5. The summed E-state index contributed by atoms with van der Waals surface area (Å²) in [5.74, 6) is 1.14. The first-order valence-electron chi connectivity index (χ1n) is 7.27. The van der Waals surface area contributed by atoms with Crippen LogP contribution in [0.2, 0.25) is 0 Å². The summed E-state index contributed by atoms with van der Waals surface area (Å²) in [4.78, 5) is 23.7. The van der Waals surface area contributed by atoms with Crippen molar-refractivity contribution in [2.75, 3.05) is 14.2 Å². The van der Waals surface area contributed by atoms with Gasteiger partial charge >= 0.3 is 6.09 Å². The number of aldehydes is 1. The number of benzene rings is 1. The molecule has 0 heterocycles. The van der Waals surface area contributed by atoms with E-state index in [9.17, 15) is 9.59 Å². The molecule has 0 spiro atoms. The molecule has 0 aliphatic carbocycles. The second kappa shape index (κ2) is 6.89. The smallest absolute Gasteiger partial charge is 0.408 e. The van der Waals surface area contributed by atoms with Crippen LogP contribution < -0.4 is 14.8 Å². The van der Waals surface area contributed by atoms with Crippen LogP contribution in [0, 0.1) is 6.92 Å². The molecule has 128 valence electrons. The van der Waals surface area contributed by atoms with Crippen molar-refractivity contribution in [3.8, 4) is 11.5 Å². The van der Waals surface area contributed by atoms with Crippen molar-refractivity contribution in [3.05, 3.63) is 23.3 Å². The monoisotopic (exact) mass is 323 g/mol. The summed E-state index contributed by atoms with van der Waals surface area (Å²) in [7, 11) is 3.07. The third-order valence-electron chi connectivity index (χ3n) is 3.35. The van der Waals surface area contributed by atoms with Gasteiger partial charge in [0.1, 0.15) is 28.9 Å². The number of amides is 1. The number of methoxy groups -OCH3 is 2. The third-order valence-corrected chi connectivity index (χ3v) is 3.35. The summed E-state index contributed by atoms with van der Waals surface area (Å²) in [6.07, 6.45) is -0.0221. The molecule has 0 radical (unpaired) electrons. The predicted octanol–water partition coefficient (Wildman–Crippen LogP) is 2.95. The largest absolute Gasteiger partial charge is 0.496 e. The minimum Gasteiger partial charge on any atom is -0.496 e. The van der Waals surface area contributed by atoms with Crippen molar-refractivity contribution >= 4 is 12.4 Å². The normalized spacial score (nSPS) is 13.7. The number of nitrogens with one attached hydrogen (secondary N) is 1. The van der Waals surface area contributed by atoms with E-state index in [1.54, 1.807) is 39.8 Å². The summed E-state index contributed by atoms with van der Waals surface area (Å²) in [5.41, 5.74) is -0.574. The van der Waals surface area contributed by atoms with Crippen molar-refractivity contribution in [1.82, 2.24) is 5.32 Å². The Morgan fingerprint density at radius 1 is 1.09 bits per heavy atom. The second-order valence-corrected chi connectivity index (χ2v) is 6.45. The summed E-state index contributed by atoms with van der Waals surface area (Å²) >= 11 is 0. The molecule has 1 unspecified atom stereocenters. The molecule has 0 saturated heterocycles. The molecule has 1 aromatic rings. The van der Waals surface area contributed by atoms with E-state index < -0.39 is 17.2 Å². The molecule has 0 fully saturated rings. The van der Waals surface area contributed by atoms with E-state index in [-0.39, 0.29) is 0 Å². The number of carbonyl (C=O) groups excluding carboxylic acids is 2. The molecule has 23 heavy (non-hydrogen) atoms. The third kappa shape index (κ3) is 4.61. The zero-order valence-corrected chi connectivity index (χ0v) is 14.8. The molecule has 1 rings (SSSR count). The fourth-order valence-corrected chi connectivity index (χ4v) is 2.07. The lowest BCUT2D eigenvalue weighted by Gasteiger charge is -2.28. The average molecular weight is 323 g/mol. The van der Waals surface area contributed by atoms with Crippen molar-refractivity contribution in [2.24, 2.45) is 0 Å². The Balaban J connectivity index is 3.22. The molecule has 1 N–H and O–H groups in total. The van der Waals surface area contributed by atoms with Gasteiger partial charge in [0, 0.05) is 5.56 Å². The van der Waals surface area contributed by atoms with Gasteiger partial charge in [-0.1, -0.05) is 0 Å². The second-order valence-electron chi connectivity index (χ2n) is 6.45. The molecule has 0 saturated carbocycles. The maximum absolute atomic E-state index is 12.0. The van der Waals surface area contributed by atoms with Crippen LogP contribution in [-0.2, 0) is 15.1 Å². The van der Waals surface area contributed by atoms with Gasteiger partial charge in [0.05, 0.1) is 14.2 Å². The van der Waals surface area contributed by atoms with Gasteiger partial charge in [-0.2, -0.15) is 0 Å². The van der Waals surface area contributed by atoms with Crippen LogP contribution in [0.5, 0.6) is 11.5 Å². The lowest BCUT2D eigenvalue weighted by molar-refractivity contribution is -0.113. The highest BCUT2D eigenvalue weighted by atomic mass is 16.6. The molecule has 6 nitrogen and oxygen atoms in total. The number of carbonyl (C=O) groups is 2. The van der Waals surface area contributed by atoms with Crippen molar-refractivity contribution in [2.45, 2.75) is 45.8 Å². The van der Waals surface area contributed by atoms with Gasteiger partial charge in [-0.05, 0) is 52.3 Å². The van der Waals surface area contributed by atoms with Crippen LogP contribution in [-0.4, -0.2) is 32.2 Å². The SMILES string of the molecule is COc1cc(C(C)(C=O)NC(=O)OC(C)(C)C)cc(OC)c1C. The maximum atomic E-state index is 12.0. The zero-order valence-electron chi connectivity index (χ0n) is 14.8. The van der Waals surface area contributed by atoms with Crippen molar-refractivity contribution in [1.29, 1.82) is 0 Å². The zero-order chi connectivity index (χ0) is 17.8. The highest BCUT2D eigenvalue weighted by Gasteiger charge is 2.32. The number of ether oxygens (including phenoxy) is 3. The minimum absolute atomic E-state index is 0.539. The number of hydrogen-bond acceptors (Lipinski definition) is 5. The Hall–Kier alpha value is -2.24. The Morgan fingerprint density at radius 3 is 1.91 bits per heavy atom. The molecule has 6 heteroatoms. The van der Waals surface area contributed by atoms with Gasteiger partial charge < -0.3 is 24.3 Å². The van der Waals surface area contributed by atoms with E-state index >= 15 is 0 Å². The van der Waals surface area contributed by atoms with Gasteiger partial charge in [0.15, 0.2) is 0 Å². The highest BCUT2D eigenvalue weighted by Crippen LogP contribution is 2.33. The number of alkyl carbamates (subject to hydrolysis) is 1. The van der Waals surface area contributed by atoms with Crippen LogP contribution in [0.3, 0.4) is 0 Å². The summed E-state index contributed by atoms with van der Waals surface area (Å²) < 4.78 is 15.8. The van der Waals surface area contributed by atoms with Crippen molar-refractivity contribution in [3.63, 3.8) is 0 Å². The van der Waals surface area contributed by atoms with Crippen LogP contribution in [0.15, 0.2) is 12.1 Å². The van der Waals surface area contributed by atoms with Gasteiger partial charge in [-0.25, -0.2) is 4.79 Å².